The maximum Gasteiger partial charge on any atom is 0.240 e. The summed E-state index contributed by atoms with van der Waals surface area (Å²) in [4.78, 5) is 11.5. The van der Waals surface area contributed by atoms with E-state index in [1.54, 1.807) is 30.5 Å². The Balaban J connectivity index is 1.22. The van der Waals surface area contributed by atoms with Crippen LogP contribution in [-0.4, -0.2) is 38.0 Å². The Kier molecular flexibility index (Phi) is 5.36. The van der Waals surface area contributed by atoms with Crippen LogP contribution in [0.5, 0.6) is 0 Å². The molecule has 3 aromatic carbocycles. The summed E-state index contributed by atoms with van der Waals surface area (Å²) in [6.07, 6.45) is 1.78. The van der Waals surface area contributed by atoms with E-state index in [1.165, 1.54) is 10.8 Å². The topological polar surface area (TPSA) is 75.2 Å². The number of rotatable bonds is 6. The van der Waals surface area contributed by atoms with E-state index in [-0.39, 0.29) is 5.92 Å². The number of hydrogen-bond acceptors (Lipinski definition) is 5. The molecule has 1 N–H and O–H groups in total. The number of sulfonamides is 1. The zero-order valence-corrected chi connectivity index (χ0v) is 18.6. The molecule has 32 heavy (non-hydrogen) atoms. The lowest BCUT2D eigenvalue weighted by Crippen LogP contribution is -2.52. The van der Waals surface area contributed by atoms with Gasteiger partial charge in [0.2, 0.25) is 16.0 Å². The van der Waals surface area contributed by atoms with Gasteiger partial charge >= 0.3 is 0 Å². The molecule has 1 saturated heterocycles. The SMILES string of the molecule is Cc1ccc(S(=O)(=O)NCC2CN(c3nccc(-c4ccc5ccccc5c4)n3)C2)cc1. The van der Waals surface area contributed by atoms with Crippen molar-refractivity contribution in [3.63, 3.8) is 0 Å². The van der Waals surface area contributed by atoms with Gasteiger partial charge in [0.05, 0.1) is 10.6 Å². The van der Waals surface area contributed by atoms with Gasteiger partial charge in [-0.2, -0.15) is 0 Å². The van der Waals surface area contributed by atoms with E-state index in [2.05, 4.69) is 44.9 Å². The second-order valence-electron chi connectivity index (χ2n) is 8.24. The Morgan fingerprint density at radius 3 is 2.50 bits per heavy atom. The molecule has 0 atom stereocenters. The molecule has 1 aromatic heterocycles. The molecule has 1 aliphatic rings. The molecular weight excluding hydrogens is 420 g/mol. The first-order valence-corrected chi connectivity index (χ1v) is 12.1. The quantitative estimate of drug-likeness (QED) is 0.486. The van der Waals surface area contributed by atoms with E-state index in [9.17, 15) is 8.42 Å². The van der Waals surface area contributed by atoms with Crippen LogP contribution in [0.3, 0.4) is 0 Å². The summed E-state index contributed by atoms with van der Waals surface area (Å²) in [5.41, 5.74) is 2.96. The minimum atomic E-state index is -3.49. The number of fused-ring (bicyclic) bond motifs is 1. The molecule has 0 radical (unpaired) electrons. The van der Waals surface area contributed by atoms with Crippen LogP contribution in [0.15, 0.2) is 83.9 Å². The molecule has 0 bridgehead atoms. The number of benzene rings is 3. The molecule has 7 heteroatoms. The Morgan fingerprint density at radius 1 is 0.969 bits per heavy atom. The van der Waals surface area contributed by atoms with Crippen molar-refractivity contribution in [2.24, 2.45) is 5.92 Å². The minimum absolute atomic E-state index is 0.225. The Labute approximate surface area is 188 Å². The van der Waals surface area contributed by atoms with E-state index < -0.39 is 10.0 Å². The van der Waals surface area contributed by atoms with Crippen LogP contribution in [-0.2, 0) is 10.0 Å². The minimum Gasteiger partial charge on any atom is -0.340 e. The van der Waals surface area contributed by atoms with Crippen LogP contribution < -0.4 is 9.62 Å². The molecule has 162 valence electrons. The number of nitrogens with zero attached hydrogens (tertiary/aromatic N) is 3. The molecule has 0 spiro atoms. The van der Waals surface area contributed by atoms with Gasteiger partial charge in [-0.25, -0.2) is 23.1 Å². The number of hydrogen-bond donors (Lipinski definition) is 1. The summed E-state index contributed by atoms with van der Waals surface area (Å²) in [6.45, 7) is 3.77. The summed E-state index contributed by atoms with van der Waals surface area (Å²) in [5.74, 6) is 0.899. The van der Waals surface area contributed by atoms with E-state index in [0.717, 1.165) is 29.9 Å². The van der Waals surface area contributed by atoms with E-state index in [4.69, 9.17) is 4.98 Å². The Bertz CT molecular complexity index is 1360. The van der Waals surface area contributed by atoms with Gasteiger partial charge < -0.3 is 4.90 Å². The lowest BCUT2D eigenvalue weighted by Gasteiger charge is -2.39. The number of nitrogens with one attached hydrogen (secondary N) is 1. The maximum absolute atomic E-state index is 12.5. The highest BCUT2D eigenvalue weighted by molar-refractivity contribution is 7.89. The third-order valence-corrected chi connectivity index (χ3v) is 7.26. The number of aryl methyl sites for hydroxylation is 1. The number of anilines is 1. The molecule has 1 aliphatic heterocycles. The predicted molar refractivity (Wildman–Crippen MR) is 127 cm³/mol. The lowest BCUT2D eigenvalue weighted by atomic mass is 10.0. The van der Waals surface area contributed by atoms with Gasteiger partial charge in [-0.1, -0.05) is 54.1 Å². The van der Waals surface area contributed by atoms with Crippen molar-refractivity contribution < 1.29 is 8.42 Å². The van der Waals surface area contributed by atoms with Gasteiger partial charge in [-0.05, 0) is 42.0 Å². The fraction of sp³-hybridized carbons (Fsp3) is 0.200. The number of aromatic nitrogens is 2. The fourth-order valence-electron chi connectivity index (χ4n) is 3.90. The van der Waals surface area contributed by atoms with Gasteiger partial charge in [0.15, 0.2) is 0 Å². The first-order valence-electron chi connectivity index (χ1n) is 10.6. The average Bonchev–Trinajstić information content (AvgIpc) is 2.78. The highest BCUT2D eigenvalue weighted by Crippen LogP contribution is 2.26. The van der Waals surface area contributed by atoms with Crippen LogP contribution in [0, 0.1) is 12.8 Å². The van der Waals surface area contributed by atoms with Crippen LogP contribution in [0.4, 0.5) is 5.95 Å². The van der Waals surface area contributed by atoms with E-state index in [1.807, 2.05) is 25.1 Å². The molecule has 5 rings (SSSR count). The molecule has 0 saturated carbocycles. The molecule has 0 amide bonds. The first-order chi connectivity index (χ1) is 15.5. The van der Waals surface area contributed by atoms with E-state index in [0.29, 0.717) is 17.4 Å². The highest BCUT2D eigenvalue weighted by Gasteiger charge is 2.30. The Hall–Kier alpha value is -3.29. The zero-order chi connectivity index (χ0) is 22.1. The molecular formula is C25H24N4O2S. The Morgan fingerprint density at radius 2 is 1.72 bits per heavy atom. The van der Waals surface area contributed by atoms with Crippen molar-refractivity contribution >= 4 is 26.7 Å². The smallest absolute Gasteiger partial charge is 0.240 e. The van der Waals surface area contributed by atoms with Gasteiger partial charge in [0.25, 0.3) is 0 Å². The van der Waals surface area contributed by atoms with Crippen LogP contribution in [0.1, 0.15) is 5.56 Å². The molecule has 4 aromatic rings. The van der Waals surface area contributed by atoms with Gasteiger partial charge in [-0.3, -0.25) is 0 Å². The molecule has 0 unspecified atom stereocenters. The molecule has 6 nitrogen and oxygen atoms in total. The summed E-state index contributed by atoms with van der Waals surface area (Å²) < 4.78 is 27.7. The summed E-state index contributed by atoms with van der Waals surface area (Å²) in [5, 5.41) is 2.37. The molecule has 0 aliphatic carbocycles. The predicted octanol–water partition coefficient (Wildman–Crippen LogP) is 4.02. The maximum atomic E-state index is 12.5. The first kappa shape index (κ1) is 20.6. The van der Waals surface area contributed by atoms with Crippen molar-refractivity contribution in [1.82, 2.24) is 14.7 Å². The second kappa shape index (κ2) is 8.33. The van der Waals surface area contributed by atoms with Crippen molar-refractivity contribution in [3.05, 3.63) is 84.6 Å². The van der Waals surface area contributed by atoms with Crippen molar-refractivity contribution in [3.8, 4) is 11.3 Å². The highest BCUT2D eigenvalue weighted by atomic mass is 32.2. The van der Waals surface area contributed by atoms with E-state index >= 15 is 0 Å². The van der Waals surface area contributed by atoms with Crippen LogP contribution >= 0.6 is 0 Å². The third kappa shape index (κ3) is 4.22. The van der Waals surface area contributed by atoms with Crippen molar-refractivity contribution in [1.29, 1.82) is 0 Å². The fourth-order valence-corrected chi connectivity index (χ4v) is 5.02. The second-order valence-corrected chi connectivity index (χ2v) is 10.0. The largest absolute Gasteiger partial charge is 0.340 e. The standard InChI is InChI=1S/C25H24N4O2S/c1-18-6-10-23(11-7-18)32(30,31)27-15-19-16-29(17-19)25-26-13-12-24(28-25)22-9-8-20-4-2-3-5-21(20)14-22/h2-14,19,27H,15-17H2,1H3. The summed E-state index contributed by atoms with van der Waals surface area (Å²) in [6, 6.07) is 23.4. The summed E-state index contributed by atoms with van der Waals surface area (Å²) >= 11 is 0. The van der Waals surface area contributed by atoms with Crippen LogP contribution in [0.2, 0.25) is 0 Å². The zero-order valence-electron chi connectivity index (χ0n) is 17.8. The lowest BCUT2D eigenvalue weighted by molar-refractivity contribution is 0.400. The van der Waals surface area contributed by atoms with Gasteiger partial charge in [0, 0.05) is 37.3 Å². The van der Waals surface area contributed by atoms with Gasteiger partial charge in [0.1, 0.15) is 0 Å². The molecule has 2 heterocycles. The van der Waals surface area contributed by atoms with Crippen LogP contribution in [0.25, 0.3) is 22.0 Å². The average molecular weight is 445 g/mol. The third-order valence-electron chi connectivity index (χ3n) is 5.82. The van der Waals surface area contributed by atoms with Crippen molar-refractivity contribution in [2.45, 2.75) is 11.8 Å². The summed E-state index contributed by atoms with van der Waals surface area (Å²) in [7, 11) is -3.49. The monoisotopic (exact) mass is 444 g/mol. The van der Waals surface area contributed by atoms with Gasteiger partial charge in [-0.15, -0.1) is 0 Å². The van der Waals surface area contributed by atoms with Crippen molar-refractivity contribution in [2.75, 3.05) is 24.5 Å². The molecule has 1 fully saturated rings. The normalized spacial score (nSPS) is 14.5.